The number of aromatic nitrogens is 2. The second-order valence-electron chi connectivity index (χ2n) is 5.68. The lowest BCUT2D eigenvalue weighted by atomic mass is 10.1. The predicted octanol–water partition coefficient (Wildman–Crippen LogP) is 3.66. The molecule has 128 valence electrons. The van der Waals surface area contributed by atoms with Crippen LogP contribution in [0.2, 0.25) is 5.02 Å². The molecule has 1 heterocycles. The molecule has 0 saturated heterocycles. The third-order valence-electron chi connectivity index (χ3n) is 3.68. The van der Waals surface area contributed by atoms with Gasteiger partial charge in [-0.2, -0.15) is 0 Å². The SMILES string of the molecule is CCCCN(C)C(=O)c1cnc(NCCc2cccc(Cl)c2)nc1. The van der Waals surface area contributed by atoms with Crippen molar-refractivity contribution in [3.63, 3.8) is 0 Å². The van der Waals surface area contributed by atoms with Crippen LogP contribution in [0.5, 0.6) is 0 Å². The fourth-order valence-electron chi connectivity index (χ4n) is 2.26. The van der Waals surface area contributed by atoms with Crippen molar-refractivity contribution in [2.24, 2.45) is 0 Å². The Kier molecular flexibility index (Phi) is 7.00. The Morgan fingerprint density at radius 2 is 2.04 bits per heavy atom. The van der Waals surface area contributed by atoms with E-state index >= 15 is 0 Å². The summed E-state index contributed by atoms with van der Waals surface area (Å²) < 4.78 is 0. The molecule has 5 nitrogen and oxygen atoms in total. The molecule has 2 aromatic rings. The summed E-state index contributed by atoms with van der Waals surface area (Å²) in [6.07, 6.45) is 6.01. The predicted molar refractivity (Wildman–Crippen MR) is 97.5 cm³/mol. The minimum absolute atomic E-state index is 0.0473. The fraction of sp³-hybridized carbons (Fsp3) is 0.389. The number of carbonyl (C=O) groups excluding carboxylic acids is 1. The van der Waals surface area contributed by atoms with E-state index in [0.717, 1.165) is 36.4 Å². The van der Waals surface area contributed by atoms with Gasteiger partial charge in [-0.1, -0.05) is 37.1 Å². The number of anilines is 1. The maximum absolute atomic E-state index is 12.2. The van der Waals surface area contributed by atoms with Crippen LogP contribution in [0.15, 0.2) is 36.7 Å². The van der Waals surface area contributed by atoms with Crippen molar-refractivity contribution in [1.29, 1.82) is 0 Å². The average Bonchev–Trinajstić information content (AvgIpc) is 2.60. The van der Waals surface area contributed by atoms with Crippen molar-refractivity contribution in [3.05, 3.63) is 52.8 Å². The molecule has 0 fully saturated rings. The van der Waals surface area contributed by atoms with Gasteiger partial charge < -0.3 is 10.2 Å². The van der Waals surface area contributed by atoms with Gasteiger partial charge in [0.05, 0.1) is 5.56 Å². The Hall–Kier alpha value is -2.14. The molecule has 24 heavy (non-hydrogen) atoms. The summed E-state index contributed by atoms with van der Waals surface area (Å²) in [5, 5.41) is 3.89. The third kappa shape index (κ3) is 5.49. The molecule has 0 bridgehead atoms. The van der Waals surface area contributed by atoms with E-state index in [4.69, 9.17) is 11.6 Å². The van der Waals surface area contributed by atoms with Crippen LogP contribution in [0.25, 0.3) is 0 Å². The van der Waals surface area contributed by atoms with E-state index in [9.17, 15) is 4.79 Å². The molecular weight excluding hydrogens is 324 g/mol. The van der Waals surface area contributed by atoms with Crippen molar-refractivity contribution in [2.75, 3.05) is 25.5 Å². The van der Waals surface area contributed by atoms with Crippen LogP contribution in [-0.2, 0) is 6.42 Å². The quantitative estimate of drug-likeness (QED) is 0.792. The molecule has 0 radical (unpaired) electrons. The van der Waals surface area contributed by atoms with E-state index in [-0.39, 0.29) is 5.91 Å². The lowest BCUT2D eigenvalue weighted by Gasteiger charge is -2.16. The molecule has 0 spiro atoms. The number of unbranched alkanes of at least 4 members (excludes halogenated alkanes) is 1. The van der Waals surface area contributed by atoms with Crippen molar-refractivity contribution in [2.45, 2.75) is 26.2 Å². The summed E-state index contributed by atoms with van der Waals surface area (Å²) in [6.45, 7) is 3.55. The van der Waals surface area contributed by atoms with Crippen LogP contribution in [0.4, 0.5) is 5.95 Å². The zero-order valence-electron chi connectivity index (χ0n) is 14.1. The fourth-order valence-corrected chi connectivity index (χ4v) is 2.47. The first kappa shape index (κ1) is 18.2. The van der Waals surface area contributed by atoms with Gasteiger partial charge in [0, 0.05) is 37.6 Å². The maximum Gasteiger partial charge on any atom is 0.256 e. The standard InChI is InChI=1S/C18H23ClN4O/c1-3-4-10-23(2)17(24)15-12-21-18(22-13-15)20-9-8-14-6-5-7-16(19)11-14/h5-7,11-13H,3-4,8-10H2,1-2H3,(H,20,21,22). The average molecular weight is 347 g/mol. The Morgan fingerprint density at radius 1 is 1.29 bits per heavy atom. The van der Waals surface area contributed by atoms with E-state index in [0.29, 0.717) is 18.1 Å². The summed E-state index contributed by atoms with van der Waals surface area (Å²) in [5.41, 5.74) is 1.66. The van der Waals surface area contributed by atoms with Crippen molar-refractivity contribution < 1.29 is 4.79 Å². The normalized spacial score (nSPS) is 10.5. The number of hydrogen-bond donors (Lipinski definition) is 1. The van der Waals surface area contributed by atoms with Crippen LogP contribution in [0, 0.1) is 0 Å². The molecule has 0 aliphatic rings. The van der Waals surface area contributed by atoms with Gasteiger partial charge in [-0.05, 0) is 30.5 Å². The molecule has 1 aromatic heterocycles. The van der Waals surface area contributed by atoms with E-state index in [1.807, 2.05) is 24.3 Å². The van der Waals surface area contributed by atoms with Crippen LogP contribution in [-0.4, -0.2) is 40.9 Å². The molecule has 2 rings (SSSR count). The molecule has 0 atom stereocenters. The minimum Gasteiger partial charge on any atom is -0.354 e. The van der Waals surface area contributed by atoms with Crippen LogP contribution < -0.4 is 5.32 Å². The molecule has 1 aromatic carbocycles. The molecule has 0 saturated carbocycles. The summed E-state index contributed by atoms with van der Waals surface area (Å²) in [4.78, 5) is 22.3. The Bertz CT molecular complexity index is 660. The number of nitrogens with one attached hydrogen (secondary N) is 1. The van der Waals surface area contributed by atoms with Crippen molar-refractivity contribution in [1.82, 2.24) is 14.9 Å². The topological polar surface area (TPSA) is 58.1 Å². The lowest BCUT2D eigenvalue weighted by molar-refractivity contribution is 0.0792. The van der Waals surface area contributed by atoms with E-state index < -0.39 is 0 Å². The Labute approximate surface area is 148 Å². The molecule has 0 unspecified atom stereocenters. The molecule has 1 amide bonds. The zero-order chi connectivity index (χ0) is 17.4. The van der Waals surface area contributed by atoms with Gasteiger partial charge in [0.1, 0.15) is 0 Å². The number of rotatable bonds is 8. The first-order chi connectivity index (χ1) is 11.6. The molecule has 0 aliphatic carbocycles. The second-order valence-corrected chi connectivity index (χ2v) is 6.12. The number of nitrogens with zero attached hydrogens (tertiary/aromatic N) is 3. The first-order valence-electron chi connectivity index (χ1n) is 8.16. The molecular formula is C18H23ClN4O. The number of benzene rings is 1. The zero-order valence-corrected chi connectivity index (χ0v) is 14.9. The third-order valence-corrected chi connectivity index (χ3v) is 3.91. The summed E-state index contributed by atoms with van der Waals surface area (Å²) >= 11 is 5.96. The van der Waals surface area contributed by atoms with Gasteiger partial charge in [0.2, 0.25) is 5.95 Å². The maximum atomic E-state index is 12.2. The van der Waals surface area contributed by atoms with Crippen LogP contribution in [0.1, 0.15) is 35.7 Å². The largest absolute Gasteiger partial charge is 0.354 e. The Balaban J connectivity index is 1.84. The highest BCUT2D eigenvalue weighted by molar-refractivity contribution is 6.30. The first-order valence-corrected chi connectivity index (χ1v) is 8.53. The monoisotopic (exact) mass is 346 g/mol. The number of halogens is 1. The highest BCUT2D eigenvalue weighted by Crippen LogP contribution is 2.11. The van der Waals surface area contributed by atoms with Gasteiger partial charge in [-0.25, -0.2) is 9.97 Å². The number of hydrogen-bond acceptors (Lipinski definition) is 4. The Morgan fingerprint density at radius 3 is 2.71 bits per heavy atom. The molecule has 0 aliphatic heterocycles. The molecule has 6 heteroatoms. The van der Waals surface area contributed by atoms with Gasteiger partial charge in [-0.15, -0.1) is 0 Å². The highest BCUT2D eigenvalue weighted by atomic mass is 35.5. The lowest BCUT2D eigenvalue weighted by Crippen LogP contribution is -2.28. The smallest absolute Gasteiger partial charge is 0.256 e. The second kappa shape index (κ2) is 9.23. The summed E-state index contributed by atoms with van der Waals surface area (Å²) in [6, 6.07) is 7.76. The van der Waals surface area contributed by atoms with Crippen molar-refractivity contribution >= 4 is 23.5 Å². The minimum atomic E-state index is -0.0473. The number of carbonyl (C=O) groups is 1. The summed E-state index contributed by atoms with van der Waals surface area (Å²) in [5.74, 6) is 0.471. The molecule has 1 N–H and O–H groups in total. The van der Waals surface area contributed by atoms with Crippen LogP contribution in [0.3, 0.4) is 0 Å². The van der Waals surface area contributed by atoms with Gasteiger partial charge in [0.25, 0.3) is 5.91 Å². The van der Waals surface area contributed by atoms with Crippen LogP contribution >= 0.6 is 11.6 Å². The van der Waals surface area contributed by atoms with Gasteiger partial charge >= 0.3 is 0 Å². The van der Waals surface area contributed by atoms with Gasteiger partial charge in [0.15, 0.2) is 0 Å². The van der Waals surface area contributed by atoms with Crippen molar-refractivity contribution in [3.8, 4) is 0 Å². The van der Waals surface area contributed by atoms with E-state index in [2.05, 4.69) is 22.2 Å². The summed E-state index contributed by atoms with van der Waals surface area (Å²) in [7, 11) is 1.80. The number of amides is 1. The van der Waals surface area contributed by atoms with E-state index in [1.54, 1.807) is 24.3 Å². The van der Waals surface area contributed by atoms with Gasteiger partial charge in [-0.3, -0.25) is 4.79 Å². The van der Waals surface area contributed by atoms with E-state index in [1.165, 1.54) is 0 Å². The highest BCUT2D eigenvalue weighted by Gasteiger charge is 2.12.